The minimum Gasteiger partial charge on any atom is -0.479 e. The fourth-order valence-corrected chi connectivity index (χ4v) is 2.47. The smallest absolute Gasteiger partial charge is 0.261 e. The van der Waals surface area contributed by atoms with Gasteiger partial charge in [0.2, 0.25) is 5.91 Å². The molecule has 0 aliphatic heterocycles. The summed E-state index contributed by atoms with van der Waals surface area (Å²) in [5, 5.41) is 6.00. The Labute approximate surface area is 156 Å². The molecular weight excluding hydrogens is 363 g/mol. The van der Waals surface area contributed by atoms with Crippen LogP contribution in [0, 0.1) is 6.92 Å². The third-order valence-corrected chi connectivity index (χ3v) is 3.96. The molecule has 132 valence electrons. The highest BCUT2D eigenvalue weighted by Crippen LogP contribution is 2.24. The summed E-state index contributed by atoms with van der Waals surface area (Å²) < 4.78 is 5.49. The largest absolute Gasteiger partial charge is 0.479 e. The molecule has 0 aliphatic carbocycles. The summed E-state index contributed by atoms with van der Waals surface area (Å²) in [6.07, 6.45) is -0.796. The summed E-state index contributed by atoms with van der Waals surface area (Å²) in [4.78, 5) is 24.0. The first kappa shape index (κ1) is 19.1. The highest BCUT2D eigenvalue weighted by atomic mass is 35.5. The van der Waals surface area contributed by atoms with Crippen LogP contribution in [-0.2, 0) is 9.59 Å². The second kappa shape index (κ2) is 8.74. The normalized spacial score (nSPS) is 11.5. The van der Waals surface area contributed by atoms with Crippen LogP contribution in [0.25, 0.3) is 0 Å². The molecule has 0 heterocycles. The predicted molar refractivity (Wildman–Crippen MR) is 99.4 cm³/mol. The number of hydrogen-bond acceptors (Lipinski definition) is 3. The zero-order valence-electron chi connectivity index (χ0n) is 13.8. The van der Waals surface area contributed by atoms with Crippen molar-refractivity contribution in [2.24, 2.45) is 0 Å². The SMILES string of the molecule is Cc1ccc(NC(=O)CNC(=O)C(C)Oc2ccccc2Cl)c(Cl)c1. The number of ether oxygens (including phenoxy) is 1. The summed E-state index contributed by atoms with van der Waals surface area (Å²) in [7, 11) is 0. The number of amides is 2. The van der Waals surface area contributed by atoms with Crippen LogP contribution in [0.1, 0.15) is 12.5 Å². The number of nitrogens with one attached hydrogen (secondary N) is 2. The zero-order chi connectivity index (χ0) is 18.4. The van der Waals surface area contributed by atoms with Crippen LogP contribution in [0.15, 0.2) is 42.5 Å². The number of para-hydroxylation sites is 1. The van der Waals surface area contributed by atoms with Crippen molar-refractivity contribution in [3.8, 4) is 5.75 Å². The van der Waals surface area contributed by atoms with Gasteiger partial charge in [0.25, 0.3) is 5.91 Å². The maximum atomic E-state index is 12.0. The summed E-state index contributed by atoms with van der Waals surface area (Å²) >= 11 is 12.0. The molecule has 5 nitrogen and oxygen atoms in total. The van der Waals surface area contributed by atoms with E-state index in [-0.39, 0.29) is 12.5 Å². The molecule has 0 fully saturated rings. The summed E-state index contributed by atoms with van der Waals surface area (Å²) in [5.41, 5.74) is 1.48. The molecule has 0 saturated carbocycles. The predicted octanol–water partition coefficient (Wildman–Crippen LogP) is 3.82. The van der Waals surface area contributed by atoms with E-state index in [9.17, 15) is 9.59 Å². The van der Waals surface area contributed by atoms with Crippen molar-refractivity contribution in [1.82, 2.24) is 5.32 Å². The van der Waals surface area contributed by atoms with Crippen LogP contribution in [0.4, 0.5) is 5.69 Å². The fraction of sp³-hybridized carbons (Fsp3) is 0.222. The molecule has 1 atom stereocenters. The number of carbonyl (C=O) groups excluding carboxylic acids is 2. The van der Waals surface area contributed by atoms with Crippen LogP contribution in [0.5, 0.6) is 5.75 Å². The number of hydrogen-bond donors (Lipinski definition) is 2. The molecule has 2 aromatic carbocycles. The van der Waals surface area contributed by atoms with Crippen molar-refractivity contribution >= 4 is 40.7 Å². The Kier molecular flexibility index (Phi) is 6.67. The van der Waals surface area contributed by atoms with Gasteiger partial charge >= 0.3 is 0 Å². The van der Waals surface area contributed by atoms with Crippen LogP contribution in [0.3, 0.4) is 0 Å². The average molecular weight is 381 g/mol. The van der Waals surface area contributed by atoms with Gasteiger partial charge in [-0.2, -0.15) is 0 Å². The maximum absolute atomic E-state index is 12.0. The summed E-state index contributed by atoms with van der Waals surface area (Å²) in [6, 6.07) is 12.1. The molecule has 0 bridgehead atoms. The van der Waals surface area contributed by atoms with Crippen LogP contribution in [-0.4, -0.2) is 24.5 Å². The van der Waals surface area contributed by atoms with Gasteiger partial charge in [-0.3, -0.25) is 9.59 Å². The molecule has 2 amide bonds. The lowest BCUT2D eigenvalue weighted by molar-refractivity contribution is -0.129. The fourth-order valence-electron chi connectivity index (χ4n) is 2.01. The van der Waals surface area contributed by atoms with Gasteiger partial charge in [-0.25, -0.2) is 0 Å². The van der Waals surface area contributed by atoms with Gasteiger partial charge in [-0.15, -0.1) is 0 Å². The number of carbonyl (C=O) groups is 2. The molecule has 0 aromatic heterocycles. The number of benzene rings is 2. The number of halogens is 2. The van der Waals surface area contributed by atoms with E-state index in [1.165, 1.54) is 0 Å². The molecule has 0 spiro atoms. The van der Waals surface area contributed by atoms with E-state index in [0.29, 0.717) is 21.5 Å². The summed E-state index contributed by atoms with van der Waals surface area (Å²) in [6.45, 7) is 3.28. The van der Waals surface area contributed by atoms with Gasteiger partial charge in [0.1, 0.15) is 5.75 Å². The van der Waals surface area contributed by atoms with Gasteiger partial charge in [0.05, 0.1) is 22.3 Å². The standard InChI is InChI=1S/C18H18Cl2N2O3/c1-11-7-8-15(14(20)9-11)22-17(23)10-21-18(24)12(2)25-16-6-4-3-5-13(16)19/h3-9,12H,10H2,1-2H3,(H,21,24)(H,22,23). The second-order valence-corrected chi connectivity index (χ2v) is 6.25. The van der Waals surface area contributed by atoms with Crippen LogP contribution < -0.4 is 15.4 Å². The Morgan fingerprint density at radius 1 is 1.12 bits per heavy atom. The molecule has 7 heteroatoms. The highest BCUT2D eigenvalue weighted by molar-refractivity contribution is 6.33. The van der Waals surface area contributed by atoms with Crippen LogP contribution >= 0.6 is 23.2 Å². The highest BCUT2D eigenvalue weighted by Gasteiger charge is 2.17. The third-order valence-electron chi connectivity index (χ3n) is 3.33. The van der Waals surface area contributed by atoms with E-state index in [2.05, 4.69) is 10.6 Å². The monoisotopic (exact) mass is 380 g/mol. The Morgan fingerprint density at radius 3 is 2.52 bits per heavy atom. The minimum absolute atomic E-state index is 0.195. The van der Waals surface area contributed by atoms with E-state index < -0.39 is 12.0 Å². The molecular formula is C18H18Cl2N2O3. The van der Waals surface area contributed by atoms with E-state index in [4.69, 9.17) is 27.9 Å². The van der Waals surface area contributed by atoms with Gasteiger partial charge in [-0.1, -0.05) is 41.4 Å². The van der Waals surface area contributed by atoms with Crippen molar-refractivity contribution in [2.45, 2.75) is 20.0 Å². The van der Waals surface area contributed by atoms with Crippen molar-refractivity contribution in [1.29, 1.82) is 0 Å². The lowest BCUT2D eigenvalue weighted by Gasteiger charge is -2.15. The Hall–Kier alpha value is -2.24. The van der Waals surface area contributed by atoms with E-state index >= 15 is 0 Å². The van der Waals surface area contributed by atoms with Gasteiger partial charge in [0.15, 0.2) is 6.10 Å². The van der Waals surface area contributed by atoms with E-state index in [1.807, 2.05) is 13.0 Å². The molecule has 1 unspecified atom stereocenters. The van der Waals surface area contributed by atoms with Gasteiger partial charge < -0.3 is 15.4 Å². The van der Waals surface area contributed by atoms with Crippen molar-refractivity contribution in [2.75, 3.05) is 11.9 Å². The summed E-state index contributed by atoms with van der Waals surface area (Å²) in [5.74, 6) is -0.406. The first-order chi connectivity index (χ1) is 11.9. The average Bonchev–Trinajstić information content (AvgIpc) is 2.57. The van der Waals surface area contributed by atoms with Crippen molar-refractivity contribution < 1.29 is 14.3 Å². The van der Waals surface area contributed by atoms with Crippen molar-refractivity contribution in [3.05, 3.63) is 58.1 Å². The van der Waals surface area contributed by atoms with Crippen molar-refractivity contribution in [3.63, 3.8) is 0 Å². The molecule has 0 saturated heterocycles. The minimum atomic E-state index is -0.796. The first-order valence-corrected chi connectivity index (χ1v) is 8.37. The second-order valence-electron chi connectivity index (χ2n) is 5.44. The lowest BCUT2D eigenvalue weighted by Crippen LogP contribution is -2.40. The molecule has 2 N–H and O–H groups in total. The zero-order valence-corrected chi connectivity index (χ0v) is 15.3. The Bertz CT molecular complexity index is 781. The quantitative estimate of drug-likeness (QED) is 0.799. The molecule has 2 aromatic rings. The molecule has 0 aliphatic rings. The maximum Gasteiger partial charge on any atom is 0.261 e. The third kappa shape index (κ3) is 5.66. The van der Waals surface area contributed by atoms with Gasteiger partial charge in [0, 0.05) is 0 Å². The number of rotatable bonds is 6. The lowest BCUT2D eigenvalue weighted by atomic mass is 10.2. The Morgan fingerprint density at radius 2 is 1.84 bits per heavy atom. The van der Waals surface area contributed by atoms with Crippen LogP contribution in [0.2, 0.25) is 10.0 Å². The molecule has 25 heavy (non-hydrogen) atoms. The first-order valence-electron chi connectivity index (χ1n) is 7.61. The molecule has 2 rings (SSSR count). The Balaban J connectivity index is 1.84. The van der Waals surface area contributed by atoms with E-state index in [1.54, 1.807) is 43.3 Å². The number of anilines is 1. The number of aryl methyl sites for hydroxylation is 1. The molecule has 0 radical (unpaired) electrons. The topological polar surface area (TPSA) is 67.4 Å². The van der Waals surface area contributed by atoms with Gasteiger partial charge in [-0.05, 0) is 43.7 Å². The van der Waals surface area contributed by atoms with E-state index in [0.717, 1.165) is 5.56 Å².